The van der Waals surface area contributed by atoms with Gasteiger partial charge in [-0.3, -0.25) is 19.7 Å². The molecule has 0 aliphatic carbocycles. The maximum atomic E-state index is 12.9. The number of carbonyl (C=O) groups excluding carboxylic acids is 3. The molecule has 2 rings (SSSR count). The van der Waals surface area contributed by atoms with Crippen molar-refractivity contribution in [1.82, 2.24) is 5.32 Å². The summed E-state index contributed by atoms with van der Waals surface area (Å²) in [5, 5.41) is 13.3. The van der Waals surface area contributed by atoms with E-state index in [2.05, 4.69) is 10.1 Å². The van der Waals surface area contributed by atoms with Crippen molar-refractivity contribution in [3.05, 3.63) is 75.3 Å². The molecule has 9 nitrogen and oxygen atoms in total. The highest BCUT2D eigenvalue weighted by Gasteiger charge is 2.35. The number of carbonyl (C=O) groups is 3. The molecule has 34 heavy (non-hydrogen) atoms. The first kappa shape index (κ1) is 26.3. The zero-order valence-corrected chi connectivity index (χ0v) is 18.1. The van der Waals surface area contributed by atoms with Gasteiger partial charge in [0.15, 0.2) is 0 Å². The first-order valence-corrected chi connectivity index (χ1v) is 9.80. The molecule has 0 saturated heterocycles. The van der Waals surface area contributed by atoms with Gasteiger partial charge in [0.1, 0.15) is 6.04 Å². The topological polar surface area (TPSA) is 125 Å². The standard InChI is InChI=1S/C22H21F3N2O7/c1-33-19(29)12-17(14-6-8-16(9-7-14)27(31)32)20(21(30)34-2)26-18(28)11-13-4-3-5-15(10-13)22(23,24)25/h3-10,17,20H,11-12H2,1-2H3,(H,26,28)/t17-,20-/m0/s1. The van der Waals surface area contributed by atoms with Gasteiger partial charge in [-0.05, 0) is 17.2 Å². The van der Waals surface area contributed by atoms with Gasteiger partial charge in [0.05, 0.1) is 37.5 Å². The van der Waals surface area contributed by atoms with Crippen LogP contribution in [0.1, 0.15) is 29.0 Å². The molecular weight excluding hydrogens is 461 g/mol. The molecule has 0 radical (unpaired) electrons. The highest BCUT2D eigenvalue weighted by Crippen LogP contribution is 2.30. The Morgan fingerprint density at radius 1 is 1.06 bits per heavy atom. The maximum absolute atomic E-state index is 12.9. The van der Waals surface area contributed by atoms with E-state index in [9.17, 15) is 37.7 Å². The number of ether oxygens (including phenoxy) is 2. The number of rotatable bonds is 9. The molecule has 0 bridgehead atoms. The van der Waals surface area contributed by atoms with E-state index in [4.69, 9.17) is 4.74 Å². The maximum Gasteiger partial charge on any atom is 0.416 e. The second-order valence-electron chi connectivity index (χ2n) is 7.18. The van der Waals surface area contributed by atoms with E-state index in [1.54, 1.807) is 0 Å². The van der Waals surface area contributed by atoms with Gasteiger partial charge in [-0.2, -0.15) is 13.2 Å². The molecule has 0 fully saturated rings. The van der Waals surface area contributed by atoms with Crippen LogP contribution in [0.4, 0.5) is 18.9 Å². The molecule has 0 heterocycles. The van der Waals surface area contributed by atoms with Gasteiger partial charge in [-0.15, -0.1) is 0 Å². The zero-order chi connectivity index (χ0) is 25.5. The second-order valence-corrected chi connectivity index (χ2v) is 7.18. The summed E-state index contributed by atoms with van der Waals surface area (Å²) in [6.45, 7) is 0. The highest BCUT2D eigenvalue weighted by atomic mass is 19.4. The molecular formula is C22H21F3N2O7. The van der Waals surface area contributed by atoms with Crippen LogP contribution in [0.25, 0.3) is 0 Å². The fourth-order valence-corrected chi connectivity index (χ4v) is 3.25. The van der Waals surface area contributed by atoms with Crippen molar-refractivity contribution >= 4 is 23.5 Å². The lowest BCUT2D eigenvalue weighted by atomic mass is 9.88. The predicted octanol–water partition coefficient (Wildman–Crippen LogP) is 3.16. The normalized spacial score (nSPS) is 12.9. The molecule has 2 aromatic rings. The lowest BCUT2D eigenvalue weighted by Crippen LogP contribution is -2.46. The van der Waals surface area contributed by atoms with Crippen LogP contribution in [-0.2, 0) is 36.5 Å². The van der Waals surface area contributed by atoms with Gasteiger partial charge in [0.25, 0.3) is 5.69 Å². The molecule has 0 aromatic heterocycles. The minimum Gasteiger partial charge on any atom is -0.469 e. The molecule has 1 amide bonds. The number of nitro benzene ring substituents is 1. The minimum atomic E-state index is -4.59. The molecule has 0 saturated carbocycles. The fourth-order valence-electron chi connectivity index (χ4n) is 3.25. The Kier molecular flexibility index (Phi) is 8.70. The average molecular weight is 482 g/mol. The number of halogens is 3. The highest BCUT2D eigenvalue weighted by molar-refractivity contribution is 5.87. The number of methoxy groups -OCH3 is 2. The fraction of sp³-hybridized carbons (Fsp3) is 0.318. The summed E-state index contributed by atoms with van der Waals surface area (Å²) in [6, 6.07) is 7.70. The third-order valence-electron chi connectivity index (χ3n) is 4.94. The Bertz CT molecular complexity index is 1060. The number of esters is 2. The zero-order valence-electron chi connectivity index (χ0n) is 18.1. The summed E-state index contributed by atoms with van der Waals surface area (Å²) < 4.78 is 48.2. The van der Waals surface area contributed by atoms with Crippen LogP contribution < -0.4 is 5.32 Å². The summed E-state index contributed by atoms with van der Waals surface area (Å²) in [4.78, 5) is 47.4. The van der Waals surface area contributed by atoms with E-state index >= 15 is 0 Å². The van der Waals surface area contributed by atoms with Crippen LogP contribution in [-0.4, -0.2) is 43.0 Å². The Hall–Kier alpha value is -3.96. The van der Waals surface area contributed by atoms with Crippen molar-refractivity contribution in [3.8, 4) is 0 Å². The van der Waals surface area contributed by atoms with E-state index in [0.29, 0.717) is 5.56 Å². The number of alkyl halides is 3. The molecule has 1 N–H and O–H groups in total. The van der Waals surface area contributed by atoms with Crippen molar-refractivity contribution in [2.45, 2.75) is 31.0 Å². The summed E-state index contributed by atoms with van der Waals surface area (Å²) in [5.41, 5.74) is -0.818. The van der Waals surface area contributed by atoms with Gasteiger partial charge in [0, 0.05) is 18.1 Å². The third-order valence-corrected chi connectivity index (χ3v) is 4.94. The number of amides is 1. The molecule has 2 aromatic carbocycles. The second kappa shape index (κ2) is 11.3. The summed E-state index contributed by atoms with van der Waals surface area (Å²) in [7, 11) is 2.17. The summed E-state index contributed by atoms with van der Waals surface area (Å²) >= 11 is 0. The number of hydrogen-bond acceptors (Lipinski definition) is 7. The first-order chi connectivity index (χ1) is 16.0. The predicted molar refractivity (Wildman–Crippen MR) is 112 cm³/mol. The van der Waals surface area contributed by atoms with E-state index in [-0.39, 0.29) is 11.3 Å². The Morgan fingerprint density at radius 2 is 1.71 bits per heavy atom. The monoisotopic (exact) mass is 482 g/mol. The van der Waals surface area contributed by atoms with Crippen molar-refractivity contribution in [2.24, 2.45) is 0 Å². The SMILES string of the molecule is COC(=O)C[C@@H](c1ccc([N+](=O)[O-])cc1)[C@H](NC(=O)Cc1cccc(C(F)(F)F)c1)C(=O)OC. The quantitative estimate of drug-likeness (QED) is 0.331. The first-order valence-electron chi connectivity index (χ1n) is 9.80. The van der Waals surface area contributed by atoms with Gasteiger partial charge in [0.2, 0.25) is 5.91 Å². The van der Waals surface area contributed by atoms with Gasteiger partial charge in [-0.25, -0.2) is 4.79 Å². The van der Waals surface area contributed by atoms with E-state index in [1.807, 2.05) is 0 Å². The molecule has 182 valence electrons. The van der Waals surface area contributed by atoms with Crippen LogP contribution in [0.3, 0.4) is 0 Å². The number of hydrogen-bond donors (Lipinski definition) is 1. The number of nitrogens with one attached hydrogen (secondary N) is 1. The van der Waals surface area contributed by atoms with Crippen molar-refractivity contribution in [3.63, 3.8) is 0 Å². The van der Waals surface area contributed by atoms with Crippen LogP contribution in [0, 0.1) is 10.1 Å². The number of nitro groups is 1. The van der Waals surface area contributed by atoms with Crippen LogP contribution in [0.15, 0.2) is 48.5 Å². The summed E-state index contributed by atoms with van der Waals surface area (Å²) in [5.74, 6) is -3.49. The van der Waals surface area contributed by atoms with Gasteiger partial charge in [-0.1, -0.05) is 30.3 Å². The Morgan fingerprint density at radius 3 is 2.24 bits per heavy atom. The molecule has 0 aliphatic rings. The van der Waals surface area contributed by atoms with Gasteiger partial charge >= 0.3 is 18.1 Å². The van der Waals surface area contributed by atoms with Crippen LogP contribution in [0.5, 0.6) is 0 Å². The lowest BCUT2D eigenvalue weighted by molar-refractivity contribution is -0.384. The molecule has 0 aliphatic heterocycles. The minimum absolute atomic E-state index is 0.0517. The Balaban J connectivity index is 2.34. The van der Waals surface area contributed by atoms with Crippen LogP contribution in [0.2, 0.25) is 0 Å². The molecule has 2 atom stereocenters. The average Bonchev–Trinajstić information content (AvgIpc) is 2.80. The lowest BCUT2D eigenvalue weighted by Gasteiger charge is -2.26. The van der Waals surface area contributed by atoms with Crippen LogP contribution >= 0.6 is 0 Å². The van der Waals surface area contributed by atoms with Gasteiger partial charge < -0.3 is 14.8 Å². The van der Waals surface area contributed by atoms with Crippen molar-refractivity contribution in [2.75, 3.05) is 14.2 Å². The Labute approximate surface area is 192 Å². The van der Waals surface area contributed by atoms with E-state index in [0.717, 1.165) is 32.4 Å². The molecule has 12 heteroatoms. The molecule has 0 unspecified atom stereocenters. The van der Waals surface area contributed by atoms with E-state index < -0.39 is 59.3 Å². The largest absolute Gasteiger partial charge is 0.469 e. The van der Waals surface area contributed by atoms with Crippen molar-refractivity contribution in [1.29, 1.82) is 0 Å². The molecule has 0 spiro atoms. The number of non-ortho nitro benzene ring substituents is 1. The summed E-state index contributed by atoms with van der Waals surface area (Å²) in [6.07, 6.45) is -5.47. The van der Waals surface area contributed by atoms with E-state index in [1.165, 1.54) is 30.3 Å². The number of benzene rings is 2. The number of nitrogens with zero attached hydrogens (tertiary/aromatic N) is 1. The third kappa shape index (κ3) is 7.02. The smallest absolute Gasteiger partial charge is 0.416 e. The van der Waals surface area contributed by atoms with Crippen molar-refractivity contribution < 1.29 is 42.0 Å².